The van der Waals surface area contributed by atoms with Crippen molar-refractivity contribution < 1.29 is 4.79 Å². The van der Waals surface area contributed by atoms with E-state index in [1.807, 2.05) is 60.7 Å². The molecule has 3 heteroatoms. The summed E-state index contributed by atoms with van der Waals surface area (Å²) in [6.07, 6.45) is 8.97. The van der Waals surface area contributed by atoms with Crippen LogP contribution in [0.25, 0.3) is 0 Å². The van der Waals surface area contributed by atoms with Gasteiger partial charge >= 0.3 is 6.03 Å². The minimum Gasteiger partial charge on any atom is -0.327 e. The zero-order valence-electron chi connectivity index (χ0n) is 13.8. The summed E-state index contributed by atoms with van der Waals surface area (Å²) < 4.78 is 0. The minimum atomic E-state index is -0.179. The van der Waals surface area contributed by atoms with E-state index < -0.39 is 0 Å². The standard InChI is InChI=1S/C21H24N2O/c24-21(22-16-15-17-9-7-8-10-17)23-20(18-11-3-1-4-12-18)19-13-5-2-6-14-19/h1-6,11-17,20H,7-10H2,(H2,22,23,24)/b16-15+. The fourth-order valence-corrected chi connectivity index (χ4v) is 3.23. The number of nitrogens with one attached hydrogen (secondary N) is 2. The molecule has 3 rings (SSSR count). The van der Waals surface area contributed by atoms with E-state index in [0.29, 0.717) is 5.92 Å². The Labute approximate surface area is 143 Å². The van der Waals surface area contributed by atoms with E-state index >= 15 is 0 Å². The van der Waals surface area contributed by atoms with Crippen LogP contribution < -0.4 is 10.6 Å². The van der Waals surface area contributed by atoms with Gasteiger partial charge in [-0.2, -0.15) is 0 Å². The molecule has 124 valence electrons. The van der Waals surface area contributed by atoms with Gasteiger partial charge in [0, 0.05) is 6.20 Å². The smallest absolute Gasteiger partial charge is 0.319 e. The van der Waals surface area contributed by atoms with Crippen LogP contribution in [0.3, 0.4) is 0 Å². The maximum absolute atomic E-state index is 12.3. The fraction of sp³-hybridized carbons (Fsp3) is 0.286. The fourth-order valence-electron chi connectivity index (χ4n) is 3.23. The Morgan fingerprint density at radius 1 is 0.917 bits per heavy atom. The highest BCUT2D eigenvalue weighted by Crippen LogP contribution is 2.25. The number of allylic oxidation sites excluding steroid dienone is 1. The minimum absolute atomic E-state index is 0.160. The first kappa shape index (κ1) is 16.3. The summed E-state index contributed by atoms with van der Waals surface area (Å²) in [4.78, 5) is 12.3. The lowest BCUT2D eigenvalue weighted by atomic mass is 9.99. The van der Waals surface area contributed by atoms with Gasteiger partial charge < -0.3 is 10.6 Å². The number of amides is 2. The summed E-state index contributed by atoms with van der Waals surface area (Å²) in [5.74, 6) is 0.615. The Morgan fingerprint density at radius 2 is 1.46 bits per heavy atom. The van der Waals surface area contributed by atoms with Gasteiger partial charge in [0.25, 0.3) is 0 Å². The lowest BCUT2D eigenvalue weighted by Gasteiger charge is -2.19. The Balaban J connectivity index is 1.66. The third-order valence-electron chi connectivity index (χ3n) is 4.52. The summed E-state index contributed by atoms with van der Waals surface area (Å²) in [6.45, 7) is 0. The molecule has 0 bridgehead atoms. The van der Waals surface area contributed by atoms with E-state index in [9.17, 15) is 4.79 Å². The summed E-state index contributed by atoms with van der Waals surface area (Å²) in [5, 5.41) is 5.92. The van der Waals surface area contributed by atoms with Gasteiger partial charge in [-0.05, 0) is 29.9 Å². The number of hydrogen-bond donors (Lipinski definition) is 2. The molecule has 0 aromatic heterocycles. The molecule has 0 atom stereocenters. The lowest BCUT2D eigenvalue weighted by molar-refractivity contribution is 0.242. The molecule has 1 aliphatic rings. The number of carbonyl (C=O) groups is 1. The van der Waals surface area contributed by atoms with Gasteiger partial charge in [-0.1, -0.05) is 79.6 Å². The monoisotopic (exact) mass is 320 g/mol. The molecule has 0 spiro atoms. The van der Waals surface area contributed by atoms with Crippen LogP contribution in [0.4, 0.5) is 4.79 Å². The highest BCUT2D eigenvalue weighted by molar-refractivity contribution is 5.76. The van der Waals surface area contributed by atoms with E-state index in [1.54, 1.807) is 6.20 Å². The van der Waals surface area contributed by atoms with E-state index in [2.05, 4.69) is 16.7 Å². The van der Waals surface area contributed by atoms with Gasteiger partial charge in [0.15, 0.2) is 0 Å². The van der Waals surface area contributed by atoms with Crippen LogP contribution in [0.5, 0.6) is 0 Å². The second kappa shape index (κ2) is 8.34. The van der Waals surface area contributed by atoms with Crippen molar-refractivity contribution in [2.75, 3.05) is 0 Å². The zero-order valence-corrected chi connectivity index (χ0v) is 13.8. The molecule has 3 nitrogen and oxygen atoms in total. The maximum atomic E-state index is 12.3. The third kappa shape index (κ3) is 4.48. The molecule has 1 fully saturated rings. The van der Waals surface area contributed by atoms with Gasteiger partial charge in [-0.15, -0.1) is 0 Å². The van der Waals surface area contributed by atoms with Crippen molar-refractivity contribution in [1.82, 2.24) is 10.6 Å². The Bertz CT molecular complexity index is 621. The SMILES string of the molecule is O=C(N/C=C/C1CCCC1)NC(c1ccccc1)c1ccccc1. The number of benzene rings is 2. The van der Waals surface area contributed by atoms with Crippen molar-refractivity contribution in [3.63, 3.8) is 0 Å². The van der Waals surface area contributed by atoms with Gasteiger partial charge in [-0.25, -0.2) is 4.79 Å². The van der Waals surface area contributed by atoms with E-state index in [-0.39, 0.29) is 12.1 Å². The van der Waals surface area contributed by atoms with Gasteiger partial charge in [0.05, 0.1) is 6.04 Å². The molecule has 1 aliphatic carbocycles. The molecule has 0 heterocycles. The number of rotatable bonds is 5. The molecular formula is C21H24N2O. The van der Waals surface area contributed by atoms with Crippen LogP contribution in [0.1, 0.15) is 42.9 Å². The van der Waals surface area contributed by atoms with Crippen LogP contribution >= 0.6 is 0 Å². The molecule has 2 aromatic rings. The largest absolute Gasteiger partial charge is 0.327 e. The van der Waals surface area contributed by atoms with Crippen molar-refractivity contribution in [2.45, 2.75) is 31.7 Å². The number of carbonyl (C=O) groups excluding carboxylic acids is 1. The van der Waals surface area contributed by atoms with E-state index in [0.717, 1.165) is 11.1 Å². The van der Waals surface area contributed by atoms with E-state index in [1.165, 1.54) is 25.7 Å². The summed E-state index contributed by atoms with van der Waals surface area (Å²) in [5.41, 5.74) is 2.14. The molecular weight excluding hydrogens is 296 g/mol. The predicted molar refractivity (Wildman–Crippen MR) is 97.5 cm³/mol. The highest BCUT2D eigenvalue weighted by atomic mass is 16.2. The van der Waals surface area contributed by atoms with E-state index in [4.69, 9.17) is 0 Å². The predicted octanol–water partition coefficient (Wildman–Crippen LogP) is 4.78. The molecule has 2 N–H and O–H groups in total. The number of urea groups is 1. The van der Waals surface area contributed by atoms with Crippen LogP contribution in [-0.4, -0.2) is 6.03 Å². The summed E-state index contributed by atoms with van der Waals surface area (Å²) >= 11 is 0. The first-order valence-corrected chi connectivity index (χ1v) is 8.66. The van der Waals surface area contributed by atoms with Crippen molar-refractivity contribution in [1.29, 1.82) is 0 Å². The second-order valence-electron chi connectivity index (χ2n) is 6.28. The van der Waals surface area contributed by atoms with Crippen molar-refractivity contribution in [3.8, 4) is 0 Å². The van der Waals surface area contributed by atoms with Crippen molar-refractivity contribution in [3.05, 3.63) is 84.1 Å². The zero-order chi connectivity index (χ0) is 16.6. The molecule has 24 heavy (non-hydrogen) atoms. The number of hydrogen-bond acceptors (Lipinski definition) is 1. The highest BCUT2D eigenvalue weighted by Gasteiger charge is 2.16. The third-order valence-corrected chi connectivity index (χ3v) is 4.52. The molecule has 0 unspecified atom stereocenters. The maximum Gasteiger partial charge on any atom is 0.319 e. The first-order valence-electron chi connectivity index (χ1n) is 8.66. The van der Waals surface area contributed by atoms with Crippen molar-refractivity contribution in [2.24, 2.45) is 5.92 Å². The normalized spacial score (nSPS) is 15.0. The molecule has 2 aromatic carbocycles. The average Bonchev–Trinajstić information content (AvgIpc) is 3.15. The van der Waals surface area contributed by atoms with Gasteiger partial charge in [0.2, 0.25) is 0 Å². The molecule has 0 saturated heterocycles. The van der Waals surface area contributed by atoms with Crippen LogP contribution in [0.2, 0.25) is 0 Å². The van der Waals surface area contributed by atoms with Crippen LogP contribution in [-0.2, 0) is 0 Å². The first-order chi connectivity index (χ1) is 11.8. The van der Waals surface area contributed by atoms with Crippen LogP contribution in [0.15, 0.2) is 72.9 Å². The van der Waals surface area contributed by atoms with Gasteiger partial charge in [0.1, 0.15) is 0 Å². The Morgan fingerprint density at radius 3 is 2.00 bits per heavy atom. The van der Waals surface area contributed by atoms with Gasteiger partial charge in [-0.3, -0.25) is 0 Å². The molecule has 0 aliphatic heterocycles. The summed E-state index contributed by atoms with van der Waals surface area (Å²) in [6, 6.07) is 19.7. The topological polar surface area (TPSA) is 41.1 Å². The van der Waals surface area contributed by atoms with Crippen LogP contribution in [0, 0.1) is 5.92 Å². The lowest BCUT2D eigenvalue weighted by Crippen LogP contribution is -2.35. The molecule has 0 radical (unpaired) electrons. The Kier molecular flexibility index (Phi) is 5.67. The van der Waals surface area contributed by atoms with Crippen molar-refractivity contribution >= 4 is 6.03 Å². The molecule has 1 saturated carbocycles. The Hall–Kier alpha value is -2.55. The second-order valence-corrected chi connectivity index (χ2v) is 6.28. The average molecular weight is 320 g/mol. The quantitative estimate of drug-likeness (QED) is 0.818. The summed E-state index contributed by atoms with van der Waals surface area (Å²) in [7, 11) is 0. The molecule has 2 amide bonds.